The van der Waals surface area contributed by atoms with E-state index in [0.717, 1.165) is 0 Å². The summed E-state index contributed by atoms with van der Waals surface area (Å²) >= 11 is 0. The van der Waals surface area contributed by atoms with Gasteiger partial charge in [0, 0.05) is 23.8 Å². The first-order chi connectivity index (χ1) is 11.9. The number of hydrogen-bond donors (Lipinski definition) is 0. The molecule has 25 heavy (non-hydrogen) atoms. The normalized spacial score (nSPS) is 34.8. The Morgan fingerprint density at radius 1 is 1.20 bits per heavy atom. The Hall–Kier alpha value is -2.64. The molecule has 0 amide bonds. The number of rotatable bonds is 4. The van der Waals surface area contributed by atoms with Gasteiger partial charge >= 0.3 is 23.9 Å². The molecule has 0 N–H and O–H groups in total. The smallest absolute Gasteiger partial charge is 0.347 e. The summed E-state index contributed by atoms with van der Waals surface area (Å²) in [5.41, 5.74) is 0.658. The molecule has 0 spiro atoms. The van der Waals surface area contributed by atoms with E-state index < -0.39 is 48.1 Å². The number of carbonyl (C=O) groups is 4. The van der Waals surface area contributed by atoms with Gasteiger partial charge in [-0.3, -0.25) is 0 Å². The molecular weight excluding hydrogens is 332 g/mol. The van der Waals surface area contributed by atoms with Gasteiger partial charge in [-0.2, -0.15) is 0 Å². The maximum absolute atomic E-state index is 12.6. The van der Waals surface area contributed by atoms with E-state index >= 15 is 0 Å². The van der Waals surface area contributed by atoms with Crippen molar-refractivity contribution in [2.75, 3.05) is 6.61 Å². The van der Waals surface area contributed by atoms with Gasteiger partial charge in [-0.1, -0.05) is 6.58 Å². The molecule has 5 unspecified atom stereocenters. The van der Waals surface area contributed by atoms with Crippen LogP contribution in [0.4, 0.5) is 0 Å². The third-order valence-corrected chi connectivity index (χ3v) is 5.07. The van der Waals surface area contributed by atoms with Gasteiger partial charge in [0.1, 0.15) is 12.2 Å². The number of fused-ring (bicyclic) bond motifs is 1. The van der Waals surface area contributed by atoms with Gasteiger partial charge in [0.05, 0.1) is 17.8 Å². The van der Waals surface area contributed by atoms with Crippen molar-refractivity contribution in [3.05, 3.63) is 23.3 Å². The number of hydrogen-bond acceptors (Lipinski definition) is 8. The zero-order valence-corrected chi connectivity index (χ0v) is 13.5. The molecule has 3 fully saturated rings. The molecule has 132 valence electrons. The minimum Gasteiger partial charge on any atom is -0.463 e. The Morgan fingerprint density at radius 2 is 1.96 bits per heavy atom. The molecule has 2 aliphatic carbocycles. The lowest BCUT2D eigenvalue weighted by Crippen LogP contribution is -2.38. The highest BCUT2D eigenvalue weighted by molar-refractivity contribution is 6.05. The van der Waals surface area contributed by atoms with Gasteiger partial charge < -0.3 is 18.9 Å². The van der Waals surface area contributed by atoms with Crippen molar-refractivity contribution in [2.24, 2.45) is 11.8 Å². The summed E-state index contributed by atoms with van der Waals surface area (Å²) in [4.78, 5) is 48.1. The number of cyclic esters (lactones) is 1. The number of ether oxygens (including phenoxy) is 4. The van der Waals surface area contributed by atoms with Crippen molar-refractivity contribution in [3.63, 3.8) is 0 Å². The third kappa shape index (κ3) is 2.27. The first kappa shape index (κ1) is 15.9. The summed E-state index contributed by atoms with van der Waals surface area (Å²) in [5.74, 6) is -3.32. The monoisotopic (exact) mass is 348 g/mol. The molecule has 0 aromatic carbocycles. The van der Waals surface area contributed by atoms with Crippen LogP contribution < -0.4 is 0 Å². The van der Waals surface area contributed by atoms with Crippen LogP contribution in [0.3, 0.4) is 0 Å². The summed E-state index contributed by atoms with van der Waals surface area (Å²) in [6.07, 6.45) is -1.54. The predicted molar refractivity (Wildman–Crippen MR) is 78.7 cm³/mol. The first-order valence-electron chi connectivity index (χ1n) is 8.07. The van der Waals surface area contributed by atoms with Gasteiger partial charge in [0.25, 0.3) is 0 Å². The molecule has 8 nitrogen and oxygen atoms in total. The van der Waals surface area contributed by atoms with Crippen molar-refractivity contribution in [1.82, 2.24) is 0 Å². The number of esters is 4. The van der Waals surface area contributed by atoms with Crippen LogP contribution in [0.2, 0.25) is 0 Å². The molecule has 4 rings (SSSR count). The number of carbonyl (C=O) groups excluding carboxylic acids is 4. The molecule has 2 heterocycles. The van der Waals surface area contributed by atoms with Crippen molar-refractivity contribution < 1.29 is 38.1 Å². The molecule has 0 aromatic heterocycles. The lowest BCUT2D eigenvalue weighted by Gasteiger charge is -2.25. The van der Waals surface area contributed by atoms with E-state index in [1.54, 1.807) is 0 Å². The average Bonchev–Trinajstić information content (AvgIpc) is 3.25. The molecule has 8 heteroatoms. The summed E-state index contributed by atoms with van der Waals surface area (Å²) in [6.45, 7) is 5.23. The highest BCUT2D eigenvalue weighted by atomic mass is 16.6. The molecule has 0 radical (unpaired) electrons. The summed E-state index contributed by atoms with van der Waals surface area (Å²) < 4.78 is 20.7. The topological polar surface area (TPSA) is 105 Å². The zero-order chi connectivity index (χ0) is 17.9. The first-order valence-corrected chi connectivity index (χ1v) is 8.07. The highest BCUT2D eigenvalue weighted by Crippen LogP contribution is 2.55. The SMILES string of the molecule is C=C(C)C(=O)OC1C2CC3C(=C2C(=O)OC2CCOC2=O)C(=O)OC31. The summed E-state index contributed by atoms with van der Waals surface area (Å²) in [5, 5.41) is 0. The third-order valence-electron chi connectivity index (χ3n) is 5.07. The highest BCUT2D eigenvalue weighted by Gasteiger charge is 2.64. The molecule has 1 saturated carbocycles. The van der Waals surface area contributed by atoms with Crippen LogP contribution in [0, 0.1) is 11.8 Å². The second kappa shape index (κ2) is 5.44. The van der Waals surface area contributed by atoms with Gasteiger partial charge in [0.2, 0.25) is 6.10 Å². The Kier molecular flexibility index (Phi) is 3.45. The van der Waals surface area contributed by atoms with Crippen LogP contribution in [0.25, 0.3) is 0 Å². The molecule has 0 aromatic rings. The average molecular weight is 348 g/mol. The van der Waals surface area contributed by atoms with E-state index in [1.807, 2.05) is 0 Å². The second-order valence-corrected chi connectivity index (χ2v) is 6.65. The Morgan fingerprint density at radius 3 is 2.60 bits per heavy atom. The Balaban J connectivity index is 1.60. The minimum absolute atomic E-state index is 0.156. The second-order valence-electron chi connectivity index (χ2n) is 6.65. The van der Waals surface area contributed by atoms with Gasteiger partial charge in [-0.15, -0.1) is 0 Å². The molecule has 4 aliphatic rings. The molecule has 2 bridgehead atoms. The van der Waals surface area contributed by atoms with Crippen LogP contribution >= 0.6 is 0 Å². The van der Waals surface area contributed by atoms with Crippen molar-refractivity contribution in [3.8, 4) is 0 Å². The van der Waals surface area contributed by atoms with E-state index in [2.05, 4.69) is 6.58 Å². The van der Waals surface area contributed by atoms with Gasteiger partial charge in [-0.25, -0.2) is 19.2 Å². The Bertz CT molecular complexity index is 748. The van der Waals surface area contributed by atoms with Crippen molar-refractivity contribution >= 4 is 23.9 Å². The van der Waals surface area contributed by atoms with E-state index in [1.165, 1.54) is 6.92 Å². The van der Waals surface area contributed by atoms with E-state index in [-0.39, 0.29) is 35.7 Å². The van der Waals surface area contributed by atoms with E-state index in [9.17, 15) is 19.2 Å². The minimum atomic E-state index is -0.968. The van der Waals surface area contributed by atoms with Crippen LogP contribution in [0.5, 0.6) is 0 Å². The standard InChI is InChI=1S/C17H16O8/c1-6(2)14(18)24-12-7-5-8-11(17(21)25-13(8)12)10(7)16(20)23-9-3-4-22-15(9)19/h7-9,12-13H,1,3-5H2,2H3. The fraction of sp³-hybridized carbons (Fsp3) is 0.529. The van der Waals surface area contributed by atoms with Crippen LogP contribution in [-0.2, 0) is 38.1 Å². The summed E-state index contributed by atoms with van der Waals surface area (Å²) in [6, 6.07) is 0. The predicted octanol–water partition coefficient (Wildman–Crippen LogP) is 0.205. The van der Waals surface area contributed by atoms with Crippen molar-refractivity contribution in [2.45, 2.75) is 38.1 Å². The van der Waals surface area contributed by atoms with Crippen LogP contribution in [0.15, 0.2) is 23.3 Å². The van der Waals surface area contributed by atoms with Gasteiger partial charge in [0.15, 0.2) is 0 Å². The Labute approximate surface area is 142 Å². The van der Waals surface area contributed by atoms with Crippen molar-refractivity contribution in [1.29, 1.82) is 0 Å². The van der Waals surface area contributed by atoms with Crippen LogP contribution in [0.1, 0.15) is 19.8 Å². The molecular formula is C17H16O8. The fourth-order valence-corrected chi connectivity index (χ4v) is 3.97. The van der Waals surface area contributed by atoms with E-state index in [4.69, 9.17) is 18.9 Å². The van der Waals surface area contributed by atoms with Crippen LogP contribution in [-0.4, -0.2) is 48.8 Å². The fourth-order valence-electron chi connectivity index (χ4n) is 3.97. The quantitative estimate of drug-likeness (QED) is 0.403. The molecule has 2 aliphatic heterocycles. The lowest BCUT2D eigenvalue weighted by molar-refractivity contribution is -0.160. The largest absolute Gasteiger partial charge is 0.463 e. The van der Waals surface area contributed by atoms with Gasteiger partial charge in [-0.05, 0) is 13.3 Å². The zero-order valence-electron chi connectivity index (χ0n) is 13.5. The molecule has 5 atom stereocenters. The van der Waals surface area contributed by atoms with E-state index in [0.29, 0.717) is 6.42 Å². The lowest BCUT2D eigenvalue weighted by atomic mass is 9.89. The summed E-state index contributed by atoms with van der Waals surface area (Å²) in [7, 11) is 0. The maximum atomic E-state index is 12.6. The maximum Gasteiger partial charge on any atom is 0.347 e. The molecule has 2 saturated heterocycles.